The lowest BCUT2D eigenvalue weighted by Crippen LogP contribution is -2.10. The van der Waals surface area contributed by atoms with Gasteiger partial charge in [-0.05, 0) is 91.0 Å². The second kappa shape index (κ2) is 10.9. The quantitative estimate of drug-likeness (QED) is 0.330. The molecule has 0 aliphatic carbocycles. The van der Waals surface area contributed by atoms with Crippen molar-refractivity contribution in [3.8, 4) is 16.9 Å². The highest BCUT2D eigenvalue weighted by Gasteiger charge is 2.27. The third kappa shape index (κ3) is 5.45. The van der Waals surface area contributed by atoms with E-state index >= 15 is 0 Å². The fourth-order valence-corrected chi connectivity index (χ4v) is 5.39. The molecule has 6 rings (SSSR count). The summed E-state index contributed by atoms with van der Waals surface area (Å²) in [6.45, 7) is 10.1. The maximum Gasteiger partial charge on any atom is 0.290 e. The SMILES string of the molecule is CC(C)(C)O.CCc1c2c(c3ccccc3c1-c1ccc3c4c(ccnc14)CCO3)CN(C)C2.O=CO. The summed E-state index contributed by atoms with van der Waals surface area (Å²) < 4.78 is 5.97. The van der Waals surface area contributed by atoms with Crippen molar-refractivity contribution in [2.45, 2.75) is 59.2 Å². The van der Waals surface area contributed by atoms with Gasteiger partial charge in [0, 0.05) is 36.7 Å². The smallest absolute Gasteiger partial charge is 0.290 e. The topological polar surface area (TPSA) is 82.9 Å². The van der Waals surface area contributed by atoms with Gasteiger partial charge in [-0.15, -0.1) is 0 Å². The summed E-state index contributed by atoms with van der Waals surface area (Å²) >= 11 is 0. The molecule has 2 N–H and O–H groups in total. The lowest BCUT2D eigenvalue weighted by molar-refractivity contribution is -0.122. The Bertz CT molecular complexity index is 1420. The van der Waals surface area contributed by atoms with Crippen LogP contribution in [0.5, 0.6) is 5.75 Å². The number of ether oxygens (including phenoxy) is 1. The van der Waals surface area contributed by atoms with Gasteiger partial charge in [-0.3, -0.25) is 14.7 Å². The van der Waals surface area contributed by atoms with Crippen LogP contribution in [0.4, 0.5) is 0 Å². The number of aliphatic hydroxyl groups is 1. The zero-order chi connectivity index (χ0) is 26.7. The molecule has 0 fully saturated rings. The number of pyridine rings is 1. The minimum absolute atomic E-state index is 0.250. The molecule has 2 aliphatic rings. The molecule has 0 unspecified atom stereocenters. The average molecular weight is 501 g/mol. The summed E-state index contributed by atoms with van der Waals surface area (Å²) in [7, 11) is 2.22. The summed E-state index contributed by atoms with van der Waals surface area (Å²) in [6.07, 6.45) is 3.94. The van der Waals surface area contributed by atoms with Gasteiger partial charge in [0.15, 0.2) is 0 Å². The van der Waals surface area contributed by atoms with Crippen molar-refractivity contribution in [3.05, 3.63) is 70.9 Å². The van der Waals surface area contributed by atoms with E-state index in [1.807, 2.05) is 6.20 Å². The zero-order valence-corrected chi connectivity index (χ0v) is 22.3. The molecule has 3 aromatic carbocycles. The van der Waals surface area contributed by atoms with E-state index in [4.69, 9.17) is 24.7 Å². The maximum atomic E-state index is 8.52. The predicted molar refractivity (Wildman–Crippen MR) is 149 cm³/mol. The monoisotopic (exact) mass is 500 g/mol. The van der Waals surface area contributed by atoms with Crippen molar-refractivity contribution in [1.29, 1.82) is 0 Å². The molecule has 0 amide bonds. The first-order chi connectivity index (χ1) is 17.7. The Morgan fingerprint density at radius 2 is 1.70 bits per heavy atom. The number of aromatic nitrogens is 1. The van der Waals surface area contributed by atoms with Crippen molar-refractivity contribution in [2.24, 2.45) is 0 Å². The number of carbonyl (C=O) groups is 1. The number of nitrogens with zero attached hydrogens (tertiary/aromatic N) is 2. The van der Waals surface area contributed by atoms with Crippen LogP contribution in [0.15, 0.2) is 48.7 Å². The van der Waals surface area contributed by atoms with Crippen LogP contribution in [0.25, 0.3) is 32.8 Å². The molecular formula is C31H36N2O4. The largest absolute Gasteiger partial charge is 0.493 e. The molecule has 0 spiro atoms. The molecule has 3 heterocycles. The molecule has 1 aromatic heterocycles. The van der Waals surface area contributed by atoms with E-state index in [2.05, 4.69) is 61.3 Å². The van der Waals surface area contributed by atoms with Crippen LogP contribution in [0.1, 0.15) is 49.9 Å². The van der Waals surface area contributed by atoms with E-state index in [9.17, 15) is 0 Å². The molecule has 4 aromatic rings. The Morgan fingerprint density at radius 3 is 2.38 bits per heavy atom. The third-order valence-corrected chi connectivity index (χ3v) is 6.60. The molecule has 2 aliphatic heterocycles. The summed E-state index contributed by atoms with van der Waals surface area (Å²) in [5.74, 6) is 0.973. The van der Waals surface area contributed by atoms with Crippen LogP contribution in [-0.2, 0) is 30.7 Å². The van der Waals surface area contributed by atoms with Gasteiger partial charge in [0.1, 0.15) is 5.75 Å². The van der Waals surface area contributed by atoms with Gasteiger partial charge in [0.25, 0.3) is 6.47 Å². The van der Waals surface area contributed by atoms with Gasteiger partial charge < -0.3 is 14.9 Å². The van der Waals surface area contributed by atoms with E-state index < -0.39 is 5.60 Å². The van der Waals surface area contributed by atoms with Crippen LogP contribution in [-0.4, -0.2) is 45.8 Å². The molecule has 0 saturated carbocycles. The fraction of sp³-hybridized carbons (Fsp3) is 0.355. The molecule has 37 heavy (non-hydrogen) atoms. The molecule has 0 saturated heterocycles. The second-order valence-corrected chi connectivity index (χ2v) is 10.6. The van der Waals surface area contributed by atoms with Gasteiger partial charge >= 0.3 is 0 Å². The average Bonchev–Trinajstić information content (AvgIpc) is 3.25. The number of rotatable bonds is 2. The summed E-state index contributed by atoms with van der Waals surface area (Å²) in [5.41, 5.74) is 9.01. The van der Waals surface area contributed by atoms with E-state index in [1.165, 1.54) is 49.5 Å². The van der Waals surface area contributed by atoms with Crippen molar-refractivity contribution < 1.29 is 19.7 Å². The fourth-order valence-electron chi connectivity index (χ4n) is 5.39. The zero-order valence-electron chi connectivity index (χ0n) is 22.3. The lowest BCUT2D eigenvalue weighted by Gasteiger charge is -2.22. The molecule has 6 heteroatoms. The number of carboxylic acid groups (broad SMARTS) is 1. The van der Waals surface area contributed by atoms with Crippen LogP contribution < -0.4 is 4.74 Å². The van der Waals surface area contributed by atoms with Gasteiger partial charge in [-0.2, -0.15) is 0 Å². The van der Waals surface area contributed by atoms with Crippen molar-refractivity contribution in [3.63, 3.8) is 0 Å². The van der Waals surface area contributed by atoms with Gasteiger partial charge in [0.2, 0.25) is 0 Å². The summed E-state index contributed by atoms with van der Waals surface area (Å²) in [6, 6.07) is 15.4. The Hall–Kier alpha value is -3.48. The van der Waals surface area contributed by atoms with Gasteiger partial charge in [-0.1, -0.05) is 31.2 Å². The first-order valence-electron chi connectivity index (χ1n) is 12.8. The van der Waals surface area contributed by atoms with Crippen LogP contribution in [0.2, 0.25) is 0 Å². The van der Waals surface area contributed by atoms with E-state index in [-0.39, 0.29) is 6.47 Å². The maximum absolute atomic E-state index is 8.52. The molecule has 0 atom stereocenters. The molecule has 0 bridgehead atoms. The van der Waals surface area contributed by atoms with E-state index in [1.54, 1.807) is 20.8 Å². The Kier molecular flexibility index (Phi) is 7.81. The highest BCUT2D eigenvalue weighted by Crippen LogP contribution is 2.45. The molecular weight excluding hydrogens is 464 g/mol. The molecule has 6 nitrogen and oxygen atoms in total. The van der Waals surface area contributed by atoms with Crippen molar-refractivity contribution in [2.75, 3.05) is 13.7 Å². The minimum atomic E-state index is -0.500. The lowest BCUT2D eigenvalue weighted by atomic mass is 9.84. The predicted octanol–water partition coefficient (Wildman–Crippen LogP) is 5.98. The normalized spacial score (nSPS) is 14.2. The van der Waals surface area contributed by atoms with E-state index in [0.717, 1.165) is 43.8 Å². The molecule has 0 radical (unpaired) electrons. The summed E-state index contributed by atoms with van der Waals surface area (Å²) in [5, 5.41) is 19.3. The number of hydrogen-bond acceptors (Lipinski definition) is 5. The minimum Gasteiger partial charge on any atom is -0.493 e. The first kappa shape index (κ1) is 26.6. The Morgan fingerprint density at radius 1 is 1.05 bits per heavy atom. The van der Waals surface area contributed by atoms with Gasteiger partial charge in [0.05, 0.1) is 17.7 Å². The van der Waals surface area contributed by atoms with Crippen molar-refractivity contribution in [1.82, 2.24) is 9.88 Å². The number of benzene rings is 3. The second-order valence-electron chi connectivity index (χ2n) is 10.6. The van der Waals surface area contributed by atoms with Crippen LogP contribution in [0, 0.1) is 0 Å². The molecule has 194 valence electrons. The standard InChI is InChI=1S/C26H24N2O.C4H10O.CH2O2/c1-3-17-21-14-28(2)15-22(21)18-6-4-5-7-19(18)25(17)20-8-9-23-24-16(11-13-29-23)10-12-27-26(20)24;1-4(2,3)5;2-1-3/h4-10,12H,3,11,13-15H2,1-2H3;5H,1-3H3;1H,(H,2,3). The highest BCUT2D eigenvalue weighted by atomic mass is 16.5. The third-order valence-electron chi connectivity index (χ3n) is 6.60. The number of fused-ring (bicyclic) bond motifs is 3. The Labute approximate surface area is 218 Å². The summed E-state index contributed by atoms with van der Waals surface area (Å²) in [4.78, 5) is 15.6. The first-order valence-corrected chi connectivity index (χ1v) is 12.8. The van der Waals surface area contributed by atoms with Crippen LogP contribution >= 0.6 is 0 Å². The van der Waals surface area contributed by atoms with E-state index in [0.29, 0.717) is 0 Å². The highest BCUT2D eigenvalue weighted by molar-refractivity contribution is 6.09. The Balaban J connectivity index is 0.000000355. The van der Waals surface area contributed by atoms with Gasteiger partial charge in [-0.25, -0.2) is 0 Å². The van der Waals surface area contributed by atoms with Crippen molar-refractivity contribution >= 4 is 28.1 Å². The number of hydrogen-bond donors (Lipinski definition) is 2. The van der Waals surface area contributed by atoms with Crippen LogP contribution in [0.3, 0.4) is 0 Å².